The van der Waals surface area contributed by atoms with Crippen LogP contribution < -0.4 is 4.74 Å². The van der Waals surface area contributed by atoms with Gasteiger partial charge in [-0.05, 0) is 62.1 Å². The molecule has 7 nitrogen and oxygen atoms in total. The van der Waals surface area contributed by atoms with Crippen LogP contribution in [0, 0.1) is 20.8 Å². The summed E-state index contributed by atoms with van der Waals surface area (Å²) >= 11 is 0. The Hall–Kier alpha value is -2.80. The van der Waals surface area contributed by atoms with Crippen molar-refractivity contribution in [3.05, 3.63) is 52.7 Å². The smallest absolute Gasteiger partial charge is 0.223 e. The van der Waals surface area contributed by atoms with Gasteiger partial charge in [0.15, 0.2) is 0 Å². The van der Waals surface area contributed by atoms with E-state index < -0.39 is 0 Å². The molecule has 2 aromatic heterocycles. The van der Waals surface area contributed by atoms with E-state index in [2.05, 4.69) is 20.3 Å². The largest absolute Gasteiger partial charge is 0.494 e. The van der Waals surface area contributed by atoms with Gasteiger partial charge in [-0.1, -0.05) is 5.16 Å². The van der Waals surface area contributed by atoms with E-state index in [1.54, 1.807) is 14.0 Å². The summed E-state index contributed by atoms with van der Waals surface area (Å²) in [6, 6.07) is 7.94. The van der Waals surface area contributed by atoms with E-state index in [1.807, 2.05) is 38.1 Å². The number of hydrogen-bond acceptors (Lipinski definition) is 7. The quantitative estimate of drug-likeness (QED) is 0.562. The minimum Gasteiger partial charge on any atom is -0.494 e. The molecule has 0 saturated heterocycles. The standard InChI is InChI=1S/C20H24N4O3/c1-13-10-18(11-14(2)19(13)20-21-15(3)27-24-20)26-9-5-6-16-7-8-17(12-25-4)23-22-16/h7-8,10-11H,5-6,9,12H2,1-4H3. The van der Waals surface area contributed by atoms with Gasteiger partial charge in [0, 0.05) is 19.6 Å². The van der Waals surface area contributed by atoms with Crippen LogP contribution in [0.2, 0.25) is 0 Å². The molecule has 7 heteroatoms. The molecule has 0 aliphatic carbocycles. The highest BCUT2D eigenvalue weighted by atomic mass is 16.5. The fourth-order valence-corrected chi connectivity index (χ4v) is 2.95. The maximum atomic E-state index is 5.92. The zero-order valence-corrected chi connectivity index (χ0v) is 16.2. The van der Waals surface area contributed by atoms with Gasteiger partial charge in [0.25, 0.3) is 0 Å². The molecule has 142 valence electrons. The van der Waals surface area contributed by atoms with Crippen molar-refractivity contribution in [2.24, 2.45) is 0 Å². The van der Waals surface area contributed by atoms with E-state index >= 15 is 0 Å². The highest BCUT2D eigenvalue weighted by molar-refractivity contribution is 5.65. The molecular formula is C20H24N4O3. The molecule has 3 aromatic rings. The molecule has 0 aliphatic rings. The van der Waals surface area contributed by atoms with Crippen molar-refractivity contribution in [3.63, 3.8) is 0 Å². The van der Waals surface area contributed by atoms with Crippen LogP contribution in [0.5, 0.6) is 5.75 Å². The number of benzene rings is 1. The van der Waals surface area contributed by atoms with Gasteiger partial charge >= 0.3 is 0 Å². The number of rotatable bonds is 8. The zero-order chi connectivity index (χ0) is 19.2. The lowest BCUT2D eigenvalue weighted by Crippen LogP contribution is -2.03. The van der Waals surface area contributed by atoms with Crippen LogP contribution in [-0.2, 0) is 17.8 Å². The summed E-state index contributed by atoms with van der Waals surface area (Å²) in [6.45, 7) is 6.93. The number of aryl methyl sites for hydroxylation is 4. The van der Waals surface area contributed by atoms with Crippen molar-refractivity contribution in [1.29, 1.82) is 0 Å². The molecular weight excluding hydrogens is 344 g/mol. The molecule has 0 atom stereocenters. The molecule has 0 fully saturated rings. The van der Waals surface area contributed by atoms with Gasteiger partial charge in [0.1, 0.15) is 5.75 Å². The van der Waals surface area contributed by atoms with Crippen molar-refractivity contribution < 1.29 is 14.0 Å². The van der Waals surface area contributed by atoms with E-state index in [1.165, 1.54) is 0 Å². The second-order valence-corrected chi connectivity index (χ2v) is 6.47. The molecule has 27 heavy (non-hydrogen) atoms. The minimum atomic E-state index is 0.481. The zero-order valence-electron chi connectivity index (χ0n) is 16.2. The van der Waals surface area contributed by atoms with Gasteiger partial charge in [0.2, 0.25) is 11.7 Å². The first kappa shape index (κ1) is 19.0. The highest BCUT2D eigenvalue weighted by Gasteiger charge is 2.13. The van der Waals surface area contributed by atoms with Gasteiger partial charge in [-0.25, -0.2) is 0 Å². The van der Waals surface area contributed by atoms with Crippen LogP contribution in [0.4, 0.5) is 0 Å². The van der Waals surface area contributed by atoms with E-state index in [-0.39, 0.29) is 0 Å². The number of ether oxygens (including phenoxy) is 2. The average Bonchev–Trinajstić information content (AvgIpc) is 3.06. The summed E-state index contributed by atoms with van der Waals surface area (Å²) in [5, 5.41) is 12.4. The Bertz CT molecular complexity index is 867. The molecule has 0 aliphatic heterocycles. The monoisotopic (exact) mass is 368 g/mol. The first-order chi connectivity index (χ1) is 13.1. The lowest BCUT2D eigenvalue weighted by atomic mass is 10.0. The fourth-order valence-electron chi connectivity index (χ4n) is 2.95. The van der Waals surface area contributed by atoms with E-state index in [9.17, 15) is 0 Å². The van der Waals surface area contributed by atoms with Crippen LogP contribution in [0.1, 0.15) is 34.8 Å². The van der Waals surface area contributed by atoms with Gasteiger partial charge in [0.05, 0.1) is 24.6 Å². The van der Waals surface area contributed by atoms with Crippen LogP contribution in [0.3, 0.4) is 0 Å². The predicted molar refractivity (Wildman–Crippen MR) is 101 cm³/mol. The second-order valence-electron chi connectivity index (χ2n) is 6.47. The number of nitrogens with zero attached hydrogens (tertiary/aromatic N) is 4. The van der Waals surface area contributed by atoms with Crippen LogP contribution in [0.25, 0.3) is 11.4 Å². The van der Waals surface area contributed by atoms with Crippen molar-refractivity contribution in [2.75, 3.05) is 13.7 Å². The Morgan fingerprint density at radius 2 is 1.70 bits per heavy atom. The predicted octanol–water partition coefficient (Wildman–Crippen LogP) is 3.61. The van der Waals surface area contributed by atoms with Crippen molar-refractivity contribution in [3.8, 4) is 17.1 Å². The van der Waals surface area contributed by atoms with E-state index in [0.717, 1.165) is 46.7 Å². The fraction of sp³-hybridized carbons (Fsp3) is 0.400. The third-order valence-corrected chi connectivity index (χ3v) is 4.17. The molecule has 0 saturated carbocycles. The Morgan fingerprint density at radius 3 is 2.30 bits per heavy atom. The molecule has 0 spiro atoms. The first-order valence-electron chi connectivity index (χ1n) is 8.92. The molecule has 1 aromatic carbocycles. The summed E-state index contributed by atoms with van der Waals surface area (Å²) in [7, 11) is 1.64. The minimum absolute atomic E-state index is 0.481. The molecule has 0 N–H and O–H groups in total. The molecule has 0 radical (unpaired) electrons. The van der Waals surface area contributed by atoms with Crippen molar-refractivity contribution >= 4 is 0 Å². The van der Waals surface area contributed by atoms with Crippen LogP contribution in [0.15, 0.2) is 28.8 Å². The molecule has 0 unspecified atom stereocenters. The van der Waals surface area contributed by atoms with E-state index in [4.69, 9.17) is 14.0 Å². The lowest BCUT2D eigenvalue weighted by molar-refractivity contribution is 0.180. The summed E-state index contributed by atoms with van der Waals surface area (Å²) in [5.74, 6) is 2.02. The number of hydrogen-bond donors (Lipinski definition) is 0. The molecule has 3 rings (SSSR count). The Morgan fingerprint density at radius 1 is 1.00 bits per heavy atom. The maximum Gasteiger partial charge on any atom is 0.223 e. The maximum absolute atomic E-state index is 5.92. The Labute approximate surface area is 158 Å². The first-order valence-corrected chi connectivity index (χ1v) is 8.92. The van der Waals surface area contributed by atoms with Gasteiger partial charge in [-0.3, -0.25) is 0 Å². The number of methoxy groups -OCH3 is 1. The third-order valence-electron chi connectivity index (χ3n) is 4.17. The Kier molecular flexibility index (Phi) is 6.13. The normalized spacial score (nSPS) is 11.0. The summed E-state index contributed by atoms with van der Waals surface area (Å²) in [5.41, 5.74) is 4.90. The third kappa shape index (κ3) is 4.89. The van der Waals surface area contributed by atoms with E-state index in [0.29, 0.717) is 24.9 Å². The van der Waals surface area contributed by atoms with Crippen LogP contribution in [-0.4, -0.2) is 34.1 Å². The van der Waals surface area contributed by atoms with Gasteiger partial charge < -0.3 is 14.0 Å². The van der Waals surface area contributed by atoms with Crippen molar-refractivity contribution in [2.45, 2.75) is 40.2 Å². The van der Waals surface area contributed by atoms with Crippen molar-refractivity contribution in [1.82, 2.24) is 20.3 Å². The summed E-state index contributed by atoms with van der Waals surface area (Å²) in [4.78, 5) is 4.32. The average molecular weight is 368 g/mol. The molecule has 2 heterocycles. The second kappa shape index (κ2) is 8.73. The van der Waals surface area contributed by atoms with Gasteiger partial charge in [-0.15, -0.1) is 0 Å². The highest BCUT2D eigenvalue weighted by Crippen LogP contribution is 2.29. The summed E-state index contributed by atoms with van der Waals surface area (Å²) < 4.78 is 16.0. The lowest BCUT2D eigenvalue weighted by Gasteiger charge is -2.11. The van der Waals surface area contributed by atoms with Gasteiger partial charge in [-0.2, -0.15) is 15.2 Å². The molecule has 0 amide bonds. The molecule has 0 bridgehead atoms. The SMILES string of the molecule is COCc1ccc(CCCOc2cc(C)c(-c3noc(C)n3)c(C)c2)nn1. The van der Waals surface area contributed by atoms with Crippen LogP contribution >= 0.6 is 0 Å². The number of aromatic nitrogens is 4. The summed E-state index contributed by atoms with van der Waals surface area (Å²) in [6.07, 6.45) is 1.68. The Balaban J connectivity index is 1.55. The topological polar surface area (TPSA) is 83.2 Å².